The molecular weight excluding hydrogens is 314 g/mol. The summed E-state index contributed by atoms with van der Waals surface area (Å²) < 4.78 is 0. The monoisotopic (exact) mass is 349 g/mol. The van der Waals surface area contributed by atoms with Gasteiger partial charge in [-0.25, -0.2) is 4.79 Å². The van der Waals surface area contributed by atoms with Gasteiger partial charge in [0.15, 0.2) is 0 Å². The van der Waals surface area contributed by atoms with Crippen molar-refractivity contribution in [3.05, 3.63) is 36.0 Å². The van der Waals surface area contributed by atoms with Gasteiger partial charge in [-0.05, 0) is 45.1 Å². The van der Waals surface area contributed by atoms with Gasteiger partial charge in [-0.1, -0.05) is 44.2 Å². The summed E-state index contributed by atoms with van der Waals surface area (Å²) in [4.78, 5) is 14.2. The molecule has 5 heteroatoms. The first-order chi connectivity index (χ1) is 11.6. The summed E-state index contributed by atoms with van der Waals surface area (Å²) in [5.41, 5.74) is 6.97. The molecule has 5 nitrogen and oxygen atoms in total. The molecule has 0 radical (unpaired) electrons. The lowest BCUT2D eigenvalue weighted by Crippen LogP contribution is -2.53. The number of amides is 2. The van der Waals surface area contributed by atoms with Gasteiger partial charge < -0.3 is 21.1 Å². The van der Waals surface area contributed by atoms with Gasteiger partial charge in [-0.3, -0.25) is 0 Å². The van der Waals surface area contributed by atoms with E-state index in [0.29, 0.717) is 18.9 Å². The van der Waals surface area contributed by atoms with E-state index in [1.807, 2.05) is 39.0 Å². The van der Waals surface area contributed by atoms with Crippen LogP contribution in [0, 0.1) is 5.92 Å². The second-order valence-corrected chi connectivity index (χ2v) is 8.22. The number of urea groups is 1. The van der Waals surface area contributed by atoms with Crippen molar-refractivity contribution >= 4 is 6.03 Å². The van der Waals surface area contributed by atoms with Gasteiger partial charge in [0.25, 0.3) is 0 Å². The number of nitrogens with one attached hydrogen (secondary N) is 1. The van der Waals surface area contributed by atoms with E-state index in [4.69, 9.17) is 5.73 Å². The zero-order valence-electron chi connectivity index (χ0n) is 16.3. The molecule has 25 heavy (non-hydrogen) atoms. The Kier molecular flexibility index (Phi) is 8.39. The highest BCUT2D eigenvalue weighted by atomic mass is 16.3. The minimum Gasteiger partial charge on any atom is -0.390 e. The minimum absolute atomic E-state index is 0.163. The highest BCUT2D eigenvalue weighted by Gasteiger charge is 2.25. The topological polar surface area (TPSA) is 78.6 Å². The van der Waals surface area contributed by atoms with E-state index < -0.39 is 12.1 Å². The molecule has 0 saturated heterocycles. The third kappa shape index (κ3) is 8.89. The van der Waals surface area contributed by atoms with E-state index >= 15 is 0 Å². The first-order valence-corrected chi connectivity index (χ1v) is 9.11. The lowest BCUT2D eigenvalue weighted by atomic mass is 10.0. The fourth-order valence-electron chi connectivity index (χ4n) is 2.61. The van der Waals surface area contributed by atoms with Crippen molar-refractivity contribution in [1.82, 2.24) is 10.2 Å². The van der Waals surface area contributed by atoms with Crippen molar-refractivity contribution in [3.8, 4) is 0 Å². The molecule has 0 bridgehead atoms. The molecule has 0 heterocycles. The number of hydrogen-bond acceptors (Lipinski definition) is 3. The number of nitrogens with zero attached hydrogens (tertiary/aromatic N) is 1. The van der Waals surface area contributed by atoms with Crippen LogP contribution in [0.2, 0.25) is 0 Å². The molecule has 1 rings (SSSR count). The van der Waals surface area contributed by atoms with E-state index in [0.717, 1.165) is 12.0 Å². The first-order valence-electron chi connectivity index (χ1n) is 9.11. The van der Waals surface area contributed by atoms with E-state index in [2.05, 4.69) is 31.3 Å². The summed E-state index contributed by atoms with van der Waals surface area (Å²) in [5, 5.41) is 13.5. The van der Waals surface area contributed by atoms with Gasteiger partial charge >= 0.3 is 6.03 Å². The number of aliphatic hydroxyl groups excluding tert-OH is 1. The van der Waals surface area contributed by atoms with E-state index in [1.54, 1.807) is 4.90 Å². The third-order valence-electron chi connectivity index (χ3n) is 3.78. The lowest BCUT2D eigenvalue weighted by Gasteiger charge is -2.32. The van der Waals surface area contributed by atoms with Gasteiger partial charge in [0.1, 0.15) is 0 Å². The number of carbonyl (C=O) groups excluding carboxylic acids is 1. The van der Waals surface area contributed by atoms with E-state index in [-0.39, 0.29) is 18.1 Å². The predicted octanol–water partition coefficient (Wildman–Crippen LogP) is 2.97. The molecule has 0 aromatic heterocycles. The zero-order chi connectivity index (χ0) is 19.0. The quantitative estimate of drug-likeness (QED) is 0.661. The van der Waals surface area contributed by atoms with Crippen molar-refractivity contribution in [3.63, 3.8) is 0 Å². The van der Waals surface area contributed by atoms with Crippen LogP contribution in [0.1, 0.15) is 47.5 Å². The van der Waals surface area contributed by atoms with Crippen molar-refractivity contribution in [2.45, 2.75) is 65.1 Å². The number of nitrogens with two attached hydrogens (primary N) is 1. The average molecular weight is 350 g/mol. The SMILES string of the molecule is CC(C)CN(C[C@@H](O)[C@@H](N)CC1=CC=CCC=C1)C(=O)NC(C)(C)C. The van der Waals surface area contributed by atoms with Crippen LogP contribution >= 0.6 is 0 Å². The van der Waals surface area contributed by atoms with Crippen molar-refractivity contribution in [1.29, 1.82) is 0 Å². The van der Waals surface area contributed by atoms with Crippen LogP contribution < -0.4 is 11.1 Å². The summed E-state index contributed by atoms with van der Waals surface area (Å²) >= 11 is 0. The number of carbonyl (C=O) groups is 1. The Morgan fingerprint density at radius 2 is 2.00 bits per heavy atom. The first kappa shape index (κ1) is 21.5. The third-order valence-corrected chi connectivity index (χ3v) is 3.78. The Morgan fingerprint density at radius 1 is 1.32 bits per heavy atom. The highest BCUT2D eigenvalue weighted by molar-refractivity contribution is 5.75. The zero-order valence-corrected chi connectivity index (χ0v) is 16.3. The van der Waals surface area contributed by atoms with Gasteiger partial charge in [0.05, 0.1) is 6.10 Å². The Morgan fingerprint density at radius 3 is 2.60 bits per heavy atom. The maximum Gasteiger partial charge on any atom is 0.317 e. The number of rotatable bonds is 7. The van der Waals surface area contributed by atoms with Crippen LogP contribution in [0.3, 0.4) is 0 Å². The maximum atomic E-state index is 12.5. The normalized spacial score (nSPS) is 17.0. The molecule has 2 amide bonds. The Bertz CT molecular complexity index is 516. The second kappa shape index (κ2) is 9.78. The van der Waals surface area contributed by atoms with Crippen molar-refractivity contribution < 1.29 is 9.90 Å². The molecular formula is C20H35N3O2. The van der Waals surface area contributed by atoms with Crippen molar-refractivity contribution in [2.75, 3.05) is 13.1 Å². The molecule has 1 aliphatic carbocycles. The van der Waals surface area contributed by atoms with Crippen LogP contribution in [0.4, 0.5) is 4.79 Å². The van der Waals surface area contributed by atoms with E-state index in [9.17, 15) is 9.90 Å². The predicted molar refractivity (Wildman–Crippen MR) is 104 cm³/mol. The molecule has 0 aromatic carbocycles. The highest BCUT2D eigenvalue weighted by Crippen LogP contribution is 2.14. The van der Waals surface area contributed by atoms with Crippen LogP contribution in [0.15, 0.2) is 36.0 Å². The molecule has 4 N–H and O–H groups in total. The lowest BCUT2D eigenvalue weighted by molar-refractivity contribution is 0.0940. The number of allylic oxidation sites excluding steroid dienone is 5. The van der Waals surface area contributed by atoms with Crippen molar-refractivity contribution in [2.24, 2.45) is 11.7 Å². The van der Waals surface area contributed by atoms with Gasteiger partial charge in [0, 0.05) is 24.7 Å². The standard InChI is InChI=1S/C20H35N3O2/c1-15(2)13-23(19(25)22-20(3,4)5)14-18(24)17(21)12-16-10-8-6-7-9-11-16/h6,8-11,15,17-18,24H,7,12-14,21H2,1-5H3,(H,22,25)/t17-,18+/m0/s1. The molecule has 0 saturated carbocycles. The Balaban J connectivity index is 2.69. The largest absolute Gasteiger partial charge is 0.390 e. The van der Waals surface area contributed by atoms with Crippen LogP contribution in [0.5, 0.6) is 0 Å². The fourth-order valence-corrected chi connectivity index (χ4v) is 2.61. The molecule has 2 atom stereocenters. The molecule has 0 aromatic rings. The molecule has 0 unspecified atom stereocenters. The fraction of sp³-hybridized carbons (Fsp3) is 0.650. The summed E-state index contributed by atoms with van der Waals surface area (Å²) in [6, 6.07) is -0.580. The van der Waals surface area contributed by atoms with Gasteiger partial charge in [-0.2, -0.15) is 0 Å². The van der Waals surface area contributed by atoms with Gasteiger partial charge in [-0.15, -0.1) is 0 Å². The molecule has 0 fully saturated rings. The smallest absolute Gasteiger partial charge is 0.317 e. The summed E-state index contributed by atoms with van der Waals surface area (Å²) in [6.07, 6.45) is 11.0. The Hall–Kier alpha value is -1.59. The van der Waals surface area contributed by atoms with Crippen LogP contribution in [-0.4, -0.2) is 46.8 Å². The van der Waals surface area contributed by atoms with Crippen LogP contribution in [0.25, 0.3) is 0 Å². The maximum absolute atomic E-state index is 12.5. The molecule has 1 aliphatic rings. The number of aliphatic hydroxyl groups is 1. The minimum atomic E-state index is -0.772. The van der Waals surface area contributed by atoms with Crippen LogP contribution in [-0.2, 0) is 0 Å². The van der Waals surface area contributed by atoms with Gasteiger partial charge in [0.2, 0.25) is 0 Å². The average Bonchev–Trinajstić information content (AvgIpc) is 2.72. The number of hydrogen-bond donors (Lipinski definition) is 3. The molecule has 142 valence electrons. The molecule has 0 aliphatic heterocycles. The summed E-state index contributed by atoms with van der Waals surface area (Å²) in [6.45, 7) is 10.7. The summed E-state index contributed by atoms with van der Waals surface area (Å²) in [7, 11) is 0. The summed E-state index contributed by atoms with van der Waals surface area (Å²) in [5.74, 6) is 0.312. The Labute approximate surface area is 152 Å². The molecule has 0 spiro atoms. The second-order valence-electron chi connectivity index (χ2n) is 8.22. The van der Waals surface area contributed by atoms with E-state index in [1.165, 1.54) is 0 Å².